The van der Waals surface area contributed by atoms with Crippen molar-refractivity contribution in [3.05, 3.63) is 40.2 Å². The van der Waals surface area contributed by atoms with Crippen LogP contribution in [0.1, 0.15) is 18.2 Å². The van der Waals surface area contributed by atoms with Gasteiger partial charge in [-0.15, -0.1) is 0 Å². The average Bonchev–Trinajstić information content (AvgIpc) is 3.22. The lowest BCUT2D eigenvalue weighted by atomic mass is 10.1. The Hall–Kier alpha value is -3.26. The Morgan fingerprint density at radius 1 is 1.37 bits per heavy atom. The molecule has 0 saturated carbocycles. The zero-order valence-electron chi connectivity index (χ0n) is 14.0. The van der Waals surface area contributed by atoms with Crippen LogP contribution in [0.2, 0.25) is 0 Å². The Labute approximate surface area is 152 Å². The molecule has 27 heavy (non-hydrogen) atoms. The molecule has 2 aromatic heterocycles. The molecule has 3 atom stereocenters. The lowest BCUT2D eigenvalue weighted by molar-refractivity contribution is -0.0426. The summed E-state index contributed by atoms with van der Waals surface area (Å²) in [6, 6.07) is 8.70. The number of aromatic amines is 1. The van der Waals surface area contributed by atoms with Gasteiger partial charge in [0.15, 0.2) is 11.2 Å². The Morgan fingerprint density at radius 3 is 2.74 bits per heavy atom. The summed E-state index contributed by atoms with van der Waals surface area (Å²) in [5.41, 5.74) is 6.60. The van der Waals surface area contributed by atoms with Gasteiger partial charge in [-0.1, -0.05) is 0 Å². The number of nitriles is 1. The number of H-pyrrole nitrogens is 1. The molecule has 0 spiro atoms. The lowest BCUT2D eigenvalue weighted by Gasteiger charge is -2.17. The summed E-state index contributed by atoms with van der Waals surface area (Å²) in [5.74, 6) is 0.311. The van der Waals surface area contributed by atoms with Crippen LogP contribution < -0.4 is 11.3 Å². The molecule has 0 radical (unpaired) electrons. The summed E-state index contributed by atoms with van der Waals surface area (Å²) in [6.07, 6.45) is -2.12. The molecule has 10 nitrogen and oxygen atoms in total. The van der Waals surface area contributed by atoms with Crippen LogP contribution in [0.3, 0.4) is 0 Å². The topological polar surface area (TPSA) is 163 Å². The minimum absolute atomic E-state index is 0.0720. The number of ether oxygens (including phenoxy) is 1. The second kappa shape index (κ2) is 6.48. The molecule has 0 unspecified atom stereocenters. The smallest absolute Gasteiger partial charge is 0.280 e. The predicted molar refractivity (Wildman–Crippen MR) is 94.3 cm³/mol. The second-order valence-electron chi connectivity index (χ2n) is 6.23. The van der Waals surface area contributed by atoms with Gasteiger partial charge in [0, 0.05) is 12.0 Å². The maximum atomic E-state index is 12.3. The highest BCUT2D eigenvalue weighted by Crippen LogP contribution is 2.35. The molecule has 1 aromatic carbocycles. The first kappa shape index (κ1) is 17.2. The molecule has 3 heterocycles. The van der Waals surface area contributed by atoms with Crippen molar-refractivity contribution in [3.63, 3.8) is 0 Å². The van der Waals surface area contributed by atoms with Gasteiger partial charge in [-0.2, -0.15) is 10.2 Å². The van der Waals surface area contributed by atoms with Crippen LogP contribution >= 0.6 is 0 Å². The molecule has 4 rings (SSSR count). The molecule has 0 amide bonds. The monoisotopic (exact) mass is 368 g/mol. The Morgan fingerprint density at radius 2 is 2.11 bits per heavy atom. The second-order valence-corrected chi connectivity index (χ2v) is 6.23. The van der Waals surface area contributed by atoms with E-state index in [1.165, 1.54) is 0 Å². The highest BCUT2D eigenvalue weighted by molar-refractivity contribution is 5.77. The maximum absolute atomic E-state index is 12.3. The number of aliphatic hydroxyl groups excluding tert-OH is 2. The van der Waals surface area contributed by atoms with Crippen molar-refractivity contribution in [2.45, 2.75) is 24.9 Å². The molecule has 3 aromatic rings. The minimum Gasteiger partial charge on any atom is -0.394 e. The van der Waals surface area contributed by atoms with Crippen molar-refractivity contribution in [2.24, 2.45) is 0 Å². The van der Waals surface area contributed by atoms with Gasteiger partial charge >= 0.3 is 0 Å². The number of aliphatic hydroxyl groups is 2. The van der Waals surface area contributed by atoms with E-state index in [1.807, 2.05) is 6.07 Å². The van der Waals surface area contributed by atoms with Crippen LogP contribution in [0.15, 0.2) is 29.1 Å². The highest BCUT2D eigenvalue weighted by Gasteiger charge is 2.37. The SMILES string of the molecule is N#Cc1ccc(-c2nc3c(=O)[nH]c(N)nc3n2[C@H]2C[C@H](O)[C@@H](CO)O2)cc1. The number of hydrogen-bond acceptors (Lipinski definition) is 8. The Bertz CT molecular complexity index is 1100. The molecule has 10 heteroatoms. The third-order valence-electron chi connectivity index (χ3n) is 4.51. The highest BCUT2D eigenvalue weighted by atomic mass is 16.5. The molecule has 5 N–H and O–H groups in total. The number of fused-ring (bicyclic) bond motifs is 1. The zero-order chi connectivity index (χ0) is 19.1. The number of nitrogens with two attached hydrogens (primary N) is 1. The van der Waals surface area contributed by atoms with Gasteiger partial charge in [0.1, 0.15) is 18.2 Å². The number of rotatable bonds is 3. The van der Waals surface area contributed by atoms with E-state index in [0.717, 1.165) is 0 Å². The van der Waals surface area contributed by atoms with Crippen LogP contribution in [0.4, 0.5) is 5.95 Å². The van der Waals surface area contributed by atoms with Gasteiger partial charge in [-0.25, -0.2) is 4.98 Å². The molecule has 0 bridgehead atoms. The molecule has 1 fully saturated rings. The number of nitrogens with one attached hydrogen (secondary N) is 1. The quantitative estimate of drug-likeness (QED) is 0.497. The summed E-state index contributed by atoms with van der Waals surface area (Å²) < 4.78 is 7.32. The number of aromatic nitrogens is 4. The third kappa shape index (κ3) is 2.83. The van der Waals surface area contributed by atoms with E-state index in [-0.39, 0.29) is 30.1 Å². The zero-order valence-corrected chi connectivity index (χ0v) is 14.0. The van der Waals surface area contributed by atoms with Gasteiger partial charge in [-0.05, 0) is 24.3 Å². The van der Waals surface area contributed by atoms with Crippen molar-refractivity contribution in [2.75, 3.05) is 12.3 Å². The van der Waals surface area contributed by atoms with Gasteiger partial charge < -0.3 is 20.7 Å². The van der Waals surface area contributed by atoms with Crippen LogP contribution in [0.5, 0.6) is 0 Å². The van der Waals surface area contributed by atoms with Crippen molar-refractivity contribution in [1.29, 1.82) is 5.26 Å². The van der Waals surface area contributed by atoms with E-state index in [9.17, 15) is 15.0 Å². The van der Waals surface area contributed by atoms with Gasteiger partial charge in [0.05, 0.1) is 24.3 Å². The van der Waals surface area contributed by atoms with Crippen molar-refractivity contribution >= 4 is 17.1 Å². The third-order valence-corrected chi connectivity index (χ3v) is 4.51. The first-order valence-corrected chi connectivity index (χ1v) is 8.24. The Balaban J connectivity index is 1.94. The summed E-state index contributed by atoms with van der Waals surface area (Å²) in [4.78, 5) is 23.3. The van der Waals surface area contributed by atoms with E-state index < -0.39 is 24.0 Å². The molecule has 1 saturated heterocycles. The molecule has 0 aliphatic carbocycles. The molecular weight excluding hydrogens is 352 g/mol. The minimum atomic E-state index is -0.870. The molecule has 138 valence electrons. The number of anilines is 1. The number of imidazole rings is 1. The van der Waals surface area contributed by atoms with Crippen LogP contribution in [0.25, 0.3) is 22.6 Å². The standard InChI is InChI=1S/C17H16N6O4/c18-6-8-1-3-9(4-2-8)14-20-13-15(21-17(19)22-16(13)26)23(14)12-5-10(25)11(7-24)27-12/h1-4,10-12,24-25H,5,7H2,(H3,19,21,22,26)/t10-,11+,12+/m0/s1. The van der Waals surface area contributed by atoms with E-state index in [1.54, 1.807) is 28.8 Å². The Kier molecular flexibility index (Phi) is 4.12. The normalized spacial score (nSPS) is 22.2. The van der Waals surface area contributed by atoms with Gasteiger partial charge in [0.25, 0.3) is 5.56 Å². The van der Waals surface area contributed by atoms with E-state index in [0.29, 0.717) is 17.0 Å². The fourth-order valence-electron chi connectivity index (χ4n) is 3.21. The van der Waals surface area contributed by atoms with Crippen molar-refractivity contribution in [3.8, 4) is 17.5 Å². The van der Waals surface area contributed by atoms with E-state index in [2.05, 4.69) is 15.0 Å². The van der Waals surface area contributed by atoms with Crippen molar-refractivity contribution < 1.29 is 14.9 Å². The van der Waals surface area contributed by atoms with Gasteiger partial charge in [-0.3, -0.25) is 14.3 Å². The fourth-order valence-corrected chi connectivity index (χ4v) is 3.21. The fraction of sp³-hybridized carbons (Fsp3) is 0.294. The lowest BCUT2D eigenvalue weighted by Crippen LogP contribution is -2.24. The first-order valence-electron chi connectivity index (χ1n) is 8.24. The summed E-state index contributed by atoms with van der Waals surface area (Å²) in [6.45, 7) is -0.341. The number of nitrogens with zero attached hydrogens (tertiary/aromatic N) is 4. The van der Waals surface area contributed by atoms with Crippen LogP contribution in [0, 0.1) is 11.3 Å². The number of benzene rings is 1. The summed E-state index contributed by atoms with van der Waals surface area (Å²) >= 11 is 0. The largest absolute Gasteiger partial charge is 0.394 e. The predicted octanol–water partition coefficient (Wildman–Crippen LogP) is -0.119. The average molecular weight is 368 g/mol. The van der Waals surface area contributed by atoms with E-state index >= 15 is 0 Å². The molecular formula is C17H16N6O4. The summed E-state index contributed by atoms with van der Waals surface area (Å²) in [7, 11) is 0. The van der Waals surface area contributed by atoms with Crippen LogP contribution in [-0.2, 0) is 4.74 Å². The maximum Gasteiger partial charge on any atom is 0.280 e. The molecule has 1 aliphatic rings. The molecule has 1 aliphatic heterocycles. The van der Waals surface area contributed by atoms with Crippen molar-refractivity contribution in [1.82, 2.24) is 19.5 Å². The van der Waals surface area contributed by atoms with Crippen LogP contribution in [-0.4, -0.2) is 48.5 Å². The number of nitrogen functional groups attached to an aromatic ring is 1. The number of hydrogen-bond donors (Lipinski definition) is 4. The van der Waals surface area contributed by atoms with Gasteiger partial charge in [0.2, 0.25) is 5.95 Å². The summed E-state index contributed by atoms with van der Waals surface area (Å²) in [5, 5.41) is 28.4. The van der Waals surface area contributed by atoms with E-state index in [4.69, 9.17) is 15.7 Å². The first-order chi connectivity index (χ1) is 13.0.